The summed E-state index contributed by atoms with van der Waals surface area (Å²) in [5.74, 6) is 1.04. The van der Waals surface area contributed by atoms with Crippen LogP contribution >= 0.6 is 0 Å². The van der Waals surface area contributed by atoms with Gasteiger partial charge >= 0.3 is 0 Å². The minimum Gasteiger partial charge on any atom is -0.490 e. The zero-order chi connectivity index (χ0) is 14.5. The molecule has 1 amide bonds. The van der Waals surface area contributed by atoms with E-state index in [1.807, 2.05) is 31.2 Å². The Morgan fingerprint density at radius 1 is 1.60 bits per heavy atom. The number of para-hydroxylation sites is 1. The van der Waals surface area contributed by atoms with E-state index in [9.17, 15) is 4.79 Å². The number of carbonyl (C=O) groups excluding carboxylic acids is 1. The number of nitrogens with one attached hydrogen (secondary N) is 1. The highest BCUT2D eigenvalue weighted by atomic mass is 16.5. The number of nitriles is 1. The van der Waals surface area contributed by atoms with Gasteiger partial charge in [-0.15, -0.1) is 0 Å². The second-order valence-corrected chi connectivity index (χ2v) is 4.39. The van der Waals surface area contributed by atoms with Crippen LogP contribution in [0.5, 0.6) is 11.5 Å². The molecule has 1 aromatic carbocycles. The Morgan fingerprint density at radius 3 is 3.10 bits per heavy atom. The Balaban J connectivity index is 2.23. The van der Waals surface area contributed by atoms with Crippen molar-refractivity contribution in [3.8, 4) is 17.6 Å². The van der Waals surface area contributed by atoms with Crippen molar-refractivity contribution in [3.05, 3.63) is 29.3 Å². The highest BCUT2D eigenvalue weighted by Gasteiger charge is 2.20. The van der Waals surface area contributed by atoms with Crippen molar-refractivity contribution in [3.63, 3.8) is 0 Å². The van der Waals surface area contributed by atoms with Gasteiger partial charge in [0.25, 0.3) is 5.91 Å². The Labute approximate surface area is 117 Å². The molecule has 1 heterocycles. The molecule has 1 atom stereocenters. The molecule has 1 unspecified atom stereocenters. The van der Waals surface area contributed by atoms with E-state index in [2.05, 4.69) is 5.32 Å². The van der Waals surface area contributed by atoms with Crippen LogP contribution in [0.3, 0.4) is 0 Å². The van der Waals surface area contributed by atoms with E-state index in [0.717, 1.165) is 5.56 Å². The maximum atomic E-state index is 11.9. The molecule has 0 saturated carbocycles. The average molecular weight is 272 g/mol. The minimum atomic E-state index is -0.528. The summed E-state index contributed by atoms with van der Waals surface area (Å²) < 4.78 is 11.1. The van der Waals surface area contributed by atoms with Crippen molar-refractivity contribution in [2.45, 2.75) is 19.9 Å². The number of rotatable bonds is 4. The third-order valence-corrected chi connectivity index (χ3v) is 2.84. The molecular formula is C15H16N2O3. The molecule has 1 aliphatic heterocycles. The van der Waals surface area contributed by atoms with Gasteiger partial charge in [0, 0.05) is 5.56 Å². The van der Waals surface area contributed by atoms with E-state index in [4.69, 9.17) is 14.7 Å². The summed E-state index contributed by atoms with van der Waals surface area (Å²) in [4.78, 5) is 11.9. The molecule has 5 heteroatoms. The van der Waals surface area contributed by atoms with Crippen LogP contribution in [-0.2, 0) is 4.79 Å². The van der Waals surface area contributed by atoms with Gasteiger partial charge in [0.1, 0.15) is 12.6 Å². The number of benzene rings is 1. The largest absolute Gasteiger partial charge is 0.490 e. The van der Waals surface area contributed by atoms with Crippen LogP contribution in [0.25, 0.3) is 6.08 Å². The first kappa shape index (κ1) is 13.9. The molecular weight excluding hydrogens is 256 g/mol. The van der Waals surface area contributed by atoms with Gasteiger partial charge in [0.2, 0.25) is 0 Å². The second kappa shape index (κ2) is 6.11. The molecule has 2 rings (SSSR count). The number of fused-ring (bicyclic) bond motifs is 1. The summed E-state index contributed by atoms with van der Waals surface area (Å²) in [6.07, 6.45) is 1.76. The van der Waals surface area contributed by atoms with Crippen molar-refractivity contribution < 1.29 is 14.3 Å². The van der Waals surface area contributed by atoms with Gasteiger partial charge in [-0.2, -0.15) is 5.26 Å². The summed E-state index contributed by atoms with van der Waals surface area (Å²) in [5.41, 5.74) is 1.30. The molecule has 1 N–H and O–H groups in total. The van der Waals surface area contributed by atoms with E-state index >= 15 is 0 Å². The molecule has 0 saturated heterocycles. The van der Waals surface area contributed by atoms with Gasteiger partial charge in [-0.1, -0.05) is 12.1 Å². The predicted molar refractivity (Wildman–Crippen MR) is 74.3 cm³/mol. The second-order valence-electron chi connectivity index (χ2n) is 4.39. The first-order valence-corrected chi connectivity index (χ1v) is 6.45. The fourth-order valence-corrected chi connectivity index (χ4v) is 1.90. The van der Waals surface area contributed by atoms with E-state index in [1.54, 1.807) is 13.0 Å². The van der Waals surface area contributed by atoms with E-state index in [1.165, 1.54) is 0 Å². The molecule has 0 aliphatic carbocycles. The molecule has 104 valence electrons. The van der Waals surface area contributed by atoms with E-state index in [0.29, 0.717) is 23.7 Å². The smallest absolute Gasteiger partial charge is 0.251 e. The molecule has 0 fully saturated rings. The molecule has 0 aromatic heterocycles. The standard InChI is InChI=1S/C15H16N2O3/c1-3-19-13-6-4-5-11-7-12(9-20-14(11)13)15(18)17-10(2)8-16/h4-7,10H,3,9H2,1-2H3,(H,17,18). The topological polar surface area (TPSA) is 71.3 Å². The van der Waals surface area contributed by atoms with Gasteiger partial charge in [-0.3, -0.25) is 4.79 Å². The van der Waals surface area contributed by atoms with Crippen LogP contribution in [0.4, 0.5) is 0 Å². The number of amides is 1. The lowest BCUT2D eigenvalue weighted by Crippen LogP contribution is -2.34. The van der Waals surface area contributed by atoms with Crippen LogP contribution in [0.1, 0.15) is 19.4 Å². The van der Waals surface area contributed by atoms with Gasteiger partial charge in [-0.05, 0) is 26.0 Å². The minimum absolute atomic E-state index is 0.168. The lowest BCUT2D eigenvalue weighted by molar-refractivity contribution is -0.118. The zero-order valence-corrected chi connectivity index (χ0v) is 11.5. The number of hydrogen-bond acceptors (Lipinski definition) is 4. The third kappa shape index (κ3) is 2.91. The van der Waals surface area contributed by atoms with Crippen molar-refractivity contribution in [1.29, 1.82) is 5.26 Å². The Morgan fingerprint density at radius 2 is 2.40 bits per heavy atom. The molecule has 0 spiro atoms. The van der Waals surface area contributed by atoms with Crippen LogP contribution in [0.15, 0.2) is 23.8 Å². The van der Waals surface area contributed by atoms with Gasteiger partial charge in [-0.25, -0.2) is 0 Å². The van der Waals surface area contributed by atoms with Crippen molar-refractivity contribution in [2.75, 3.05) is 13.2 Å². The van der Waals surface area contributed by atoms with Gasteiger partial charge in [0.15, 0.2) is 11.5 Å². The summed E-state index contributed by atoms with van der Waals surface area (Å²) in [6.45, 7) is 4.25. The number of nitrogens with zero attached hydrogens (tertiary/aromatic N) is 1. The summed E-state index contributed by atoms with van der Waals surface area (Å²) in [6, 6.07) is 6.97. The average Bonchev–Trinajstić information content (AvgIpc) is 2.47. The number of ether oxygens (including phenoxy) is 2. The Hall–Kier alpha value is -2.48. The quantitative estimate of drug-likeness (QED) is 0.908. The number of hydrogen-bond donors (Lipinski definition) is 1. The molecule has 5 nitrogen and oxygen atoms in total. The van der Waals surface area contributed by atoms with Crippen LogP contribution < -0.4 is 14.8 Å². The van der Waals surface area contributed by atoms with Gasteiger partial charge in [0.05, 0.1) is 18.2 Å². The molecule has 0 bridgehead atoms. The first-order chi connectivity index (χ1) is 9.65. The Bertz CT molecular complexity index is 587. The summed E-state index contributed by atoms with van der Waals surface area (Å²) in [7, 11) is 0. The van der Waals surface area contributed by atoms with Gasteiger partial charge < -0.3 is 14.8 Å². The molecule has 20 heavy (non-hydrogen) atoms. The third-order valence-electron chi connectivity index (χ3n) is 2.84. The van der Waals surface area contributed by atoms with E-state index < -0.39 is 6.04 Å². The van der Waals surface area contributed by atoms with Crippen LogP contribution in [0, 0.1) is 11.3 Å². The molecule has 1 aromatic rings. The number of carbonyl (C=O) groups is 1. The molecule has 1 aliphatic rings. The summed E-state index contributed by atoms with van der Waals surface area (Å²) >= 11 is 0. The highest BCUT2D eigenvalue weighted by molar-refractivity contribution is 5.99. The lowest BCUT2D eigenvalue weighted by atomic mass is 10.1. The maximum Gasteiger partial charge on any atom is 0.251 e. The highest BCUT2D eigenvalue weighted by Crippen LogP contribution is 2.35. The van der Waals surface area contributed by atoms with Crippen molar-refractivity contribution in [2.24, 2.45) is 0 Å². The van der Waals surface area contributed by atoms with Crippen LogP contribution in [0.2, 0.25) is 0 Å². The zero-order valence-electron chi connectivity index (χ0n) is 11.5. The maximum absolute atomic E-state index is 11.9. The van der Waals surface area contributed by atoms with Crippen molar-refractivity contribution >= 4 is 12.0 Å². The normalized spacial score (nSPS) is 14.2. The van der Waals surface area contributed by atoms with Crippen LogP contribution in [-0.4, -0.2) is 25.2 Å². The first-order valence-electron chi connectivity index (χ1n) is 6.45. The van der Waals surface area contributed by atoms with Crippen molar-refractivity contribution in [1.82, 2.24) is 5.32 Å². The molecule has 0 radical (unpaired) electrons. The van der Waals surface area contributed by atoms with E-state index in [-0.39, 0.29) is 12.5 Å². The fourth-order valence-electron chi connectivity index (χ4n) is 1.90. The predicted octanol–water partition coefficient (Wildman–Crippen LogP) is 1.89. The summed E-state index contributed by atoms with van der Waals surface area (Å²) in [5, 5.41) is 11.3. The Kier molecular flexibility index (Phi) is 4.26. The lowest BCUT2D eigenvalue weighted by Gasteiger charge is -2.20. The SMILES string of the molecule is CCOc1cccc2c1OCC(C(=O)NC(C)C#N)=C2. The monoisotopic (exact) mass is 272 g/mol. The fraction of sp³-hybridized carbons (Fsp3) is 0.333.